The molecule has 0 saturated carbocycles. The van der Waals surface area contributed by atoms with Crippen molar-refractivity contribution in [3.05, 3.63) is 40.2 Å². The number of aromatic nitrogens is 2. The maximum atomic E-state index is 6.36. The van der Waals surface area contributed by atoms with Gasteiger partial charge < -0.3 is 9.47 Å². The maximum Gasteiger partial charge on any atom is 0.161 e. The zero-order valence-electron chi connectivity index (χ0n) is 14.4. The molecule has 0 amide bonds. The van der Waals surface area contributed by atoms with Crippen molar-refractivity contribution < 1.29 is 9.47 Å². The van der Waals surface area contributed by atoms with Crippen LogP contribution in [0.1, 0.15) is 23.7 Å². The highest BCUT2D eigenvalue weighted by Gasteiger charge is 2.15. The molecular formula is C17H24ClN3O2. The third-order valence-corrected chi connectivity index (χ3v) is 4.29. The van der Waals surface area contributed by atoms with Crippen LogP contribution in [0.15, 0.2) is 18.2 Å². The summed E-state index contributed by atoms with van der Waals surface area (Å²) in [6, 6.07) is 5.97. The fraction of sp³-hybridized carbons (Fsp3) is 0.471. The summed E-state index contributed by atoms with van der Waals surface area (Å²) in [5, 5.41) is 5.17. The van der Waals surface area contributed by atoms with Crippen LogP contribution in [-0.2, 0) is 26.6 Å². The molecule has 6 heteroatoms. The van der Waals surface area contributed by atoms with Crippen LogP contribution in [0, 0.1) is 0 Å². The molecule has 1 aromatic carbocycles. The first-order valence-corrected chi connectivity index (χ1v) is 7.97. The Labute approximate surface area is 142 Å². The normalized spacial score (nSPS) is 11.1. The van der Waals surface area contributed by atoms with Gasteiger partial charge in [0.1, 0.15) is 5.15 Å². The molecule has 1 heterocycles. The number of methoxy groups -OCH3 is 2. The van der Waals surface area contributed by atoms with E-state index in [1.165, 1.54) is 0 Å². The lowest BCUT2D eigenvalue weighted by Gasteiger charge is -2.18. The summed E-state index contributed by atoms with van der Waals surface area (Å²) in [7, 11) is 7.23. The van der Waals surface area contributed by atoms with Crippen molar-refractivity contribution in [2.75, 3.05) is 21.3 Å². The standard InChI is InChI=1S/C17H24ClN3O2/c1-6-14-13(17(18)21(3)19-14)11-20(2)10-12-7-8-15(22-4)16(9-12)23-5/h7-9H,6,10-11H2,1-5H3. The van der Waals surface area contributed by atoms with E-state index in [0.717, 1.165) is 47.8 Å². The molecule has 126 valence electrons. The van der Waals surface area contributed by atoms with Gasteiger partial charge in [-0.3, -0.25) is 9.58 Å². The smallest absolute Gasteiger partial charge is 0.161 e. The molecule has 0 aliphatic heterocycles. The highest BCUT2D eigenvalue weighted by molar-refractivity contribution is 6.30. The summed E-state index contributed by atoms with van der Waals surface area (Å²) in [5.41, 5.74) is 3.31. The highest BCUT2D eigenvalue weighted by atomic mass is 35.5. The Morgan fingerprint density at radius 2 is 1.87 bits per heavy atom. The monoisotopic (exact) mass is 337 g/mol. The highest BCUT2D eigenvalue weighted by Crippen LogP contribution is 2.28. The van der Waals surface area contributed by atoms with Crippen LogP contribution in [0.25, 0.3) is 0 Å². The Morgan fingerprint density at radius 1 is 1.17 bits per heavy atom. The van der Waals surface area contributed by atoms with Crippen LogP contribution in [-0.4, -0.2) is 35.9 Å². The SMILES string of the molecule is CCc1nn(C)c(Cl)c1CN(C)Cc1ccc(OC)c(OC)c1. The van der Waals surface area contributed by atoms with E-state index in [-0.39, 0.29) is 0 Å². The summed E-state index contributed by atoms with van der Waals surface area (Å²) < 4.78 is 12.4. The van der Waals surface area contributed by atoms with Gasteiger partial charge in [0.25, 0.3) is 0 Å². The lowest BCUT2D eigenvalue weighted by molar-refractivity contribution is 0.315. The van der Waals surface area contributed by atoms with Crippen LogP contribution >= 0.6 is 11.6 Å². The van der Waals surface area contributed by atoms with E-state index < -0.39 is 0 Å². The molecule has 2 aromatic rings. The first-order chi connectivity index (χ1) is 11.0. The average Bonchev–Trinajstić information content (AvgIpc) is 2.82. The van der Waals surface area contributed by atoms with E-state index >= 15 is 0 Å². The second-order valence-electron chi connectivity index (χ2n) is 5.55. The van der Waals surface area contributed by atoms with Gasteiger partial charge in [-0.2, -0.15) is 5.10 Å². The largest absolute Gasteiger partial charge is 0.493 e. The number of benzene rings is 1. The number of hydrogen-bond acceptors (Lipinski definition) is 4. The van der Waals surface area contributed by atoms with Gasteiger partial charge in [-0.15, -0.1) is 0 Å². The summed E-state index contributed by atoms with van der Waals surface area (Å²) in [4.78, 5) is 2.21. The van der Waals surface area contributed by atoms with Crippen molar-refractivity contribution in [2.45, 2.75) is 26.4 Å². The molecule has 0 aliphatic carbocycles. The van der Waals surface area contributed by atoms with Gasteiger partial charge in [0.2, 0.25) is 0 Å². The van der Waals surface area contributed by atoms with Crippen molar-refractivity contribution in [2.24, 2.45) is 7.05 Å². The van der Waals surface area contributed by atoms with E-state index in [0.29, 0.717) is 5.15 Å². The Bertz CT molecular complexity index is 670. The fourth-order valence-corrected chi connectivity index (χ4v) is 2.86. The molecule has 0 bridgehead atoms. The van der Waals surface area contributed by atoms with Crippen LogP contribution < -0.4 is 9.47 Å². The second-order valence-corrected chi connectivity index (χ2v) is 5.91. The maximum absolute atomic E-state index is 6.36. The number of nitrogens with zero attached hydrogens (tertiary/aromatic N) is 3. The predicted molar refractivity (Wildman–Crippen MR) is 92.3 cm³/mol. The van der Waals surface area contributed by atoms with Crippen LogP contribution in [0.4, 0.5) is 0 Å². The summed E-state index contributed by atoms with van der Waals surface area (Å²) >= 11 is 6.36. The van der Waals surface area contributed by atoms with E-state index in [9.17, 15) is 0 Å². The molecular weight excluding hydrogens is 314 g/mol. The molecule has 0 fully saturated rings. The van der Waals surface area contributed by atoms with E-state index in [1.807, 2.05) is 25.2 Å². The molecule has 0 unspecified atom stereocenters. The number of ether oxygens (including phenoxy) is 2. The first kappa shape index (κ1) is 17.6. The van der Waals surface area contributed by atoms with Gasteiger partial charge >= 0.3 is 0 Å². The topological polar surface area (TPSA) is 39.5 Å². The lowest BCUT2D eigenvalue weighted by atomic mass is 10.1. The molecule has 0 N–H and O–H groups in total. The second kappa shape index (κ2) is 7.70. The molecule has 1 aromatic heterocycles. The molecule has 0 saturated heterocycles. The van der Waals surface area contributed by atoms with Crippen molar-refractivity contribution in [3.63, 3.8) is 0 Å². The Morgan fingerprint density at radius 3 is 2.48 bits per heavy atom. The lowest BCUT2D eigenvalue weighted by Crippen LogP contribution is -2.18. The fourth-order valence-electron chi connectivity index (χ4n) is 2.66. The van der Waals surface area contributed by atoms with Crippen LogP contribution in [0.3, 0.4) is 0 Å². The number of rotatable bonds is 7. The molecule has 0 spiro atoms. The zero-order valence-corrected chi connectivity index (χ0v) is 15.1. The van der Waals surface area contributed by atoms with Gasteiger partial charge in [-0.1, -0.05) is 24.6 Å². The van der Waals surface area contributed by atoms with Gasteiger partial charge in [-0.05, 0) is 31.2 Å². The van der Waals surface area contributed by atoms with Gasteiger partial charge in [0, 0.05) is 25.7 Å². The minimum atomic E-state index is 0.709. The van der Waals surface area contributed by atoms with Crippen LogP contribution in [0.5, 0.6) is 11.5 Å². The van der Waals surface area contributed by atoms with Gasteiger partial charge in [-0.25, -0.2) is 0 Å². The Kier molecular flexibility index (Phi) is 5.91. The number of hydrogen-bond donors (Lipinski definition) is 0. The van der Waals surface area contributed by atoms with Crippen molar-refractivity contribution in [3.8, 4) is 11.5 Å². The average molecular weight is 338 g/mol. The van der Waals surface area contributed by atoms with Gasteiger partial charge in [0.15, 0.2) is 11.5 Å². The van der Waals surface area contributed by atoms with E-state index in [1.54, 1.807) is 18.9 Å². The third-order valence-electron chi connectivity index (χ3n) is 3.82. The van der Waals surface area contributed by atoms with Crippen molar-refractivity contribution in [1.29, 1.82) is 0 Å². The predicted octanol–water partition coefficient (Wildman–Crippen LogP) is 3.29. The Balaban J connectivity index is 2.12. The summed E-state index contributed by atoms with van der Waals surface area (Å²) in [6.45, 7) is 3.63. The molecule has 2 rings (SSSR count). The van der Waals surface area contributed by atoms with E-state index in [2.05, 4.69) is 24.0 Å². The van der Waals surface area contributed by atoms with E-state index in [4.69, 9.17) is 21.1 Å². The number of halogens is 1. The third kappa shape index (κ3) is 3.98. The van der Waals surface area contributed by atoms with Crippen molar-refractivity contribution >= 4 is 11.6 Å². The first-order valence-electron chi connectivity index (χ1n) is 7.59. The zero-order chi connectivity index (χ0) is 17.0. The Hall–Kier alpha value is -1.72. The quantitative estimate of drug-likeness (QED) is 0.777. The number of aryl methyl sites for hydroxylation is 2. The minimum absolute atomic E-state index is 0.709. The van der Waals surface area contributed by atoms with Gasteiger partial charge in [0.05, 0.1) is 19.9 Å². The molecule has 0 aliphatic rings. The van der Waals surface area contributed by atoms with Crippen LogP contribution in [0.2, 0.25) is 5.15 Å². The molecule has 0 radical (unpaired) electrons. The molecule has 0 atom stereocenters. The summed E-state index contributed by atoms with van der Waals surface area (Å²) in [6.07, 6.45) is 0.875. The minimum Gasteiger partial charge on any atom is -0.493 e. The summed E-state index contributed by atoms with van der Waals surface area (Å²) in [5.74, 6) is 1.48. The molecule has 23 heavy (non-hydrogen) atoms. The molecule has 5 nitrogen and oxygen atoms in total. The van der Waals surface area contributed by atoms with Crippen molar-refractivity contribution in [1.82, 2.24) is 14.7 Å².